The normalized spacial score (nSPS) is 18.8. The highest BCUT2D eigenvalue weighted by Gasteiger charge is 2.62. The summed E-state index contributed by atoms with van der Waals surface area (Å²) in [6, 6.07) is 14.2. The fourth-order valence-corrected chi connectivity index (χ4v) is 4.81. The first kappa shape index (κ1) is 24.5. The maximum absolute atomic E-state index is 13.8. The van der Waals surface area contributed by atoms with Gasteiger partial charge in [0.25, 0.3) is 0 Å². The van der Waals surface area contributed by atoms with Crippen molar-refractivity contribution in [2.75, 3.05) is 11.9 Å². The van der Waals surface area contributed by atoms with Crippen LogP contribution >= 0.6 is 15.9 Å². The molecule has 1 unspecified atom stereocenters. The zero-order chi connectivity index (χ0) is 25.2. The van der Waals surface area contributed by atoms with Crippen LogP contribution in [0.4, 0.5) is 5.69 Å². The number of ether oxygens (including phenoxy) is 3. The van der Waals surface area contributed by atoms with Crippen molar-refractivity contribution in [3.8, 4) is 0 Å². The summed E-state index contributed by atoms with van der Waals surface area (Å²) in [5, 5.41) is 2.80. The van der Waals surface area contributed by atoms with Crippen LogP contribution < -0.4 is 11.1 Å². The minimum absolute atomic E-state index is 0.0558. The Morgan fingerprint density at radius 2 is 1.77 bits per heavy atom. The first-order valence-corrected chi connectivity index (χ1v) is 12.0. The monoisotopic (exact) mass is 540 g/mol. The van der Waals surface area contributed by atoms with E-state index in [1.54, 1.807) is 37.3 Å². The van der Waals surface area contributed by atoms with Gasteiger partial charge >= 0.3 is 11.9 Å². The van der Waals surface area contributed by atoms with Crippen LogP contribution in [0.25, 0.3) is 0 Å². The molecule has 0 radical (unpaired) electrons. The second-order valence-corrected chi connectivity index (χ2v) is 8.98. The predicted octanol–water partition coefficient (Wildman–Crippen LogP) is 4.20. The molecule has 3 N–H and O–H groups in total. The van der Waals surface area contributed by atoms with Crippen LogP contribution in [0.2, 0.25) is 0 Å². The molecule has 2 heterocycles. The SMILES string of the molecule is CCCC1=C(C(=O)OCC)C2(C(=O)Nc3ccc(Br)cc32)C(C(=O)OCc2ccccc2)=C(N)O1. The molecule has 4 rings (SSSR count). The van der Waals surface area contributed by atoms with E-state index in [0.29, 0.717) is 28.6 Å². The van der Waals surface area contributed by atoms with E-state index in [-0.39, 0.29) is 36.0 Å². The lowest BCUT2D eigenvalue weighted by Gasteiger charge is -2.36. The van der Waals surface area contributed by atoms with E-state index in [1.165, 1.54) is 0 Å². The van der Waals surface area contributed by atoms with Crippen LogP contribution in [0, 0.1) is 0 Å². The lowest BCUT2D eigenvalue weighted by atomic mass is 9.67. The molecule has 2 aliphatic rings. The first-order chi connectivity index (χ1) is 16.8. The highest BCUT2D eigenvalue weighted by Crippen LogP contribution is 2.53. The molecule has 0 saturated carbocycles. The summed E-state index contributed by atoms with van der Waals surface area (Å²) in [5.41, 5.74) is 5.64. The third-order valence-corrected chi connectivity index (χ3v) is 6.35. The molecule has 0 aromatic heterocycles. The number of nitrogens with one attached hydrogen (secondary N) is 1. The topological polar surface area (TPSA) is 117 Å². The molecule has 2 aliphatic heterocycles. The Balaban J connectivity index is 1.93. The number of rotatable bonds is 7. The van der Waals surface area contributed by atoms with Crippen molar-refractivity contribution in [2.45, 2.75) is 38.7 Å². The van der Waals surface area contributed by atoms with Gasteiger partial charge in [-0.05, 0) is 37.1 Å². The van der Waals surface area contributed by atoms with E-state index in [1.807, 2.05) is 25.1 Å². The van der Waals surface area contributed by atoms with Crippen molar-refractivity contribution in [3.63, 3.8) is 0 Å². The number of hydrogen-bond donors (Lipinski definition) is 2. The summed E-state index contributed by atoms with van der Waals surface area (Å²) >= 11 is 3.44. The van der Waals surface area contributed by atoms with E-state index in [0.717, 1.165) is 5.56 Å². The predicted molar refractivity (Wildman–Crippen MR) is 132 cm³/mol. The Morgan fingerprint density at radius 3 is 2.46 bits per heavy atom. The highest BCUT2D eigenvalue weighted by atomic mass is 79.9. The van der Waals surface area contributed by atoms with E-state index >= 15 is 0 Å². The molecule has 2 aromatic carbocycles. The Morgan fingerprint density at radius 1 is 1.06 bits per heavy atom. The summed E-state index contributed by atoms with van der Waals surface area (Å²) in [7, 11) is 0. The van der Waals surface area contributed by atoms with Crippen molar-refractivity contribution in [2.24, 2.45) is 5.73 Å². The van der Waals surface area contributed by atoms with Crippen molar-refractivity contribution in [1.29, 1.82) is 0 Å². The van der Waals surface area contributed by atoms with Gasteiger partial charge in [0, 0.05) is 22.1 Å². The van der Waals surface area contributed by atoms with Gasteiger partial charge in [0.2, 0.25) is 11.8 Å². The van der Waals surface area contributed by atoms with Crippen LogP contribution in [0.1, 0.15) is 37.8 Å². The number of esters is 2. The largest absolute Gasteiger partial charge is 0.462 e. The molecule has 1 atom stereocenters. The molecule has 0 bridgehead atoms. The van der Waals surface area contributed by atoms with E-state index in [2.05, 4.69) is 21.2 Å². The molecule has 9 heteroatoms. The van der Waals surface area contributed by atoms with Gasteiger partial charge in [-0.15, -0.1) is 0 Å². The zero-order valence-corrected chi connectivity index (χ0v) is 20.9. The van der Waals surface area contributed by atoms with Gasteiger partial charge in [0.1, 0.15) is 28.9 Å². The average Bonchev–Trinajstić information content (AvgIpc) is 3.10. The van der Waals surface area contributed by atoms with Crippen LogP contribution in [-0.4, -0.2) is 24.5 Å². The van der Waals surface area contributed by atoms with Crippen LogP contribution in [0.15, 0.2) is 75.8 Å². The van der Waals surface area contributed by atoms with Gasteiger partial charge in [-0.1, -0.05) is 53.2 Å². The first-order valence-electron chi connectivity index (χ1n) is 11.3. The zero-order valence-electron chi connectivity index (χ0n) is 19.4. The number of halogens is 1. The quantitative estimate of drug-likeness (QED) is 0.505. The van der Waals surface area contributed by atoms with Crippen LogP contribution in [0.5, 0.6) is 0 Å². The Labute approximate surface area is 211 Å². The van der Waals surface area contributed by atoms with E-state index < -0.39 is 23.3 Å². The molecular formula is C26H25BrN2O6. The number of amides is 1. The number of carbonyl (C=O) groups is 3. The van der Waals surface area contributed by atoms with Crippen LogP contribution in [-0.2, 0) is 40.6 Å². The number of nitrogens with two attached hydrogens (primary N) is 1. The van der Waals surface area contributed by atoms with E-state index in [4.69, 9.17) is 19.9 Å². The lowest BCUT2D eigenvalue weighted by molar-refractivity contribution is -0.144. The molecule has 35 heavy (non-hydrogen) atoms. The molecular weight excluding hydrogens is 516 g/mol. The maximum atomic E-state index is 13.8. The van der Waals surface area contributed by atoms with Gasteiger partial charge in [-0.2, -0.15) is 0 Å². The molecule has 8 nitrogen and oxygen atoms in total. The average molecular weight is 541 g/mol. The molecule has 182 valence electrons. The number of allylic oxidation sites excluding steroid dienone is 1. The van der Waals surface area contributed by atoms with Gasteiger partial charge in [-0.25, -0.2) is 9.59 Å². The van der Waals surface area contributed by atoms with Gasteiger partial charge in [0.15, 0.2) is 0 Å². The lowest BCUT2D eigenvalue weighted by Crippen LogP contribution is -2.48. The van der Waals surface area contributed by atoms with Crippen LogP contribution in [0.3, 0.4) is 0 Å². The second-order valence-electron chi connectivity index (χ2n) is 8.07. The minimum Gasteiger partial charge on any atom is -0.462 e. The Hall–Kier alpha value is -3.59. The third-order valence-electron chi connectivity index (χ3n) is 5.86. The molecule has 0 fully saturated rings. The van der Waals surface area contributed by atoms with Gasteiger partial charge in [-0.3, -0.25) is 4.79 Å². The van der Waals surface area contributed by atoms with Crippen molar-refractivity contribution >= 4 is 39.5 Å². The fourth-order valence-electron chi connectivity index (χ4n) is 4.45. The summed E-state index contributed by atoms with van der Waals surface area (Å²) in [5.74, 6) is -2.35. The van der Waals surface area contributed by atoms with Gasteiger partial charge in [0.05, 0.1) is 6.61 Å². The number of fused-ring (bicyclic) bond motifs is 2. The molecule has 0 saturated heterocycles. The summed E-state index contributed by atoms with van der Waals surface area (Å²) in [6.07, 6.45) is 0.905. The summed E-state index contributed by atoms with van der Waals surface area (Å²) in [4.78, 5) is 40.7. The number of benzene rings is 2. The minimum atomic E-state index is -1.90. The maximum Gasteiger partial charge on any atom is 0.341 e. The molecule has 0 aliphatic carbocycles. The fraction of sp³-hybridized carbons (Fsp3) is 0.269. The number of anilines is 1. The molecule has 1 amide bonds. The summed E-state index contributed by atoms with van der Waals surface area (Å²) in [6.45, 7) is 3.57. The van der Waals surface area contributed by atoms with E-state index in [9.17, 15) is 14.4 Å². The van der Waals surface area contributed by atoms with Crippen molar-refractivity contribution in [1.82, 2.24) is 0 Å². The van der Waals surface area contributed by atoms with Crippen molar-refractivity contribution < 1.29 is 28.6 Å². The molecule has 2 aromatic rings. The smallest absolute Gasteiger partial charge is 0.341 e. The van der Waals surface area contributed by atoms with Crippen molar-refractivity contribution in [3.05, 3.63) is 86.9 Å². The Bertz CT molecular complexity index is 1250. The Kier molecular flexibility index (Phi) is 6.98. The second kappa shape index (κ2) is 9.95. The standard InChI is InChI=1S/C26H25BrN2O6/c1-3-8-19-20(23(30)33-4-2)26(17-13-16(27)11-12-18(17)29-25(26)32)21(22(28)35-19)24(31)34-14-15-9-6-5-7-10-15/h5-7,9-13H,3-4,8,14,28H2,1-2H3,(H,29,32). The summed E-state index contributed by atoms with van der Waals surface area (Å²) < 4.78 is 17.4. The number of hydrogen-bond acceptors (Lipinski definition) is 7. The van der Waals surface area contributed by atoms with Gasteiger partial charge < -0.3 is 25.3 Å². The third kappa shape index (κ3) is 4.20. The highest BCUT2D eigenvalue weighted by molar-refractivity contribution is 9.10. The molecule has 1 spiro atoms. The number of carbonyl (C=O) groups excluding carboxylic acids is 3.